The van der Waals surface area contributed by atoms with E-state index in [1.54, 1.807) is 14.0 Å². The summed E-state index contributed by atoms with van der Waals surface area (Å²) in [5, 5.41) is 0. The van der Waals surface area contributed by atoms with E-state index in [1.165, 1.54) is 0 Å². The van der Waals surface area contributed by atoms with Crippen LogP contribution >= 0.6 is 0 Å². The summed E-state index contributed by atoms with van der Waals surface area (Å²) < 4.78 is 28.0. The van der Waals surface area contributed by atoms with Crippen LogP contribution in [0.3, 0.4) is 0 Å². The number of hydrogen-bond acceptors (Lipinski definition) is 6. The zero-order valence-corrected chi connectivity index (χ0v) is 11.7. The molecule has 6 heteroatoms. The second-order valence-corrected chi connectivity index (χ2v) is 5.71. The van der Waals surface area contributed by atoms with Gasteiger partial charge in [-0.2, -0.15) is 0 Å². The summed E-state index contributed by atoms with van der Waals surface area (Å²) >= 11 is 0. The molecule has 6 nitrogen and oxygen atoms in total. The first kappa shape index (κ1) is 13.3. The Balaban J connectivity index is 1.79. The van der Waals surface area contributed by atoms with Crippen molar-refractivity contribution < 1.29 is 28.5 Å². The van der Waals surface area contributed by atoms with Crippen molar-refractivity contribution in [1.82, 2.24) is 0 Å². The van der Waals surface area contributed by atoms with Gasteiger partial charge in [0, 0.05) is 7.11 Å². The number of hydrogen-bond donors (Lipinski definition) is 0. The maximum absolute atomic E-state index is 11.9. The number of methoxy groups -OCH3 is 1. The van der Waals surface area contributed by atoms with Crippen molar-refractivity contribution in [3.05, 3.63) is 0 Å². The summed E-state index contributed by atoms with van der Waals surface area (Å²) in [6.45, 7) is 5.87. The van der Waals surface area contributed by atoms with Gasteiger partial charge in [0.1, 0.15) is 17.8 Å². The third kappa shape index (κ3) is 1.89. The molecule has 2 aliphatic heterocycles. The summed E-state index contributed by atoms with van der Waals surface area (Å²) in [6.07, 6.45) is -0.459. The van der Waals surface area contributed by atoms with E-state index in [1.807, 2.05) is 13.8 Å². The van der Waals surface area contributed by atoms with Crippen molar-refractivity contribution in [2.45, 2.75) is 57.1 Å². The summed E-state index contributed by atoms with van der Waals surface area (Å²) in [7, 11) is 1.57. The fraction of sp³-hybridized carbons (Fsp3) is 0.923. The predicted molar refractivity (Wildman–Crippen MR) is 63.2 cm³/mol. The molecule has 0 aromatic carbocycles. The van der Waals surface area contributed by atoms with Gasteiger partial charge in [-0.1, -0.05) is 0 Å². The Hall–Kier alpha value is -0.690. The average molecular weight is 272 g/mol. The molecule has 1 aliphatic carbocycles. The molecule has 5 atom stereocenters. The van der Waals surface area contributed by atoms with Gasteiger partial charge in [-0.3, -0.25) is 4.79 Å². The number of esters is 1. The lowest BCUT2D eigenvalue weighted by Gasteiger charge is -2.23. The second-order valence-electron chi connectivity index (χ2n) is 5.71. The van der Waals surface area contributed by atoms with Crippen molar-refractivity contribution in [3.63, 3.8) is 0 Å². The van der Waals surface area contributed by atoms with E-state index in [0.717, 1.165) is 0 Å². The lowest BCUT2D eigenvalue weighted by Crippen LogP contribution is -2.34. The fourth-order valence-electron chi connectivity index (χ4n) is 3.13. The van der Waals surface area contributed by atoms with Gasteiger partial charge in [-0.05, 0) is 27.2 Å². The molecule has 3 fully saturated rings. The van der Waals surface area contributed by atoms with Gasteiger partial charge in [0.15, 0.2) is 12.1 Å². The van der Waals surface area contributed by atoms with Crippen LogP contribution in [-0.4, -0.2) is 49.6 Å². The third-order valence-corrected chi connectivity index (χ3v) is 3.97. The summed E-state index contributed by atoms with van der Waals surface area (Å²) in [4.78, 5) is 11.9. The van der Waals surface area contributed by atoms with Crippen molar-refractivity contribution in [3.8, 4) is 0 Å². The van der Waals surface area contributed by atoms with Crippen LogP contribution in [-0.2, 0) is 28.5 Å². The van der Waals surface area contributed by atoms with Crippen LogP contribution < -0.4 is 0 Å². The topological polar surface area (TPSA) is 63.2 Å². The van der Waals surface area contributed by atoms with Gasteiger partial charge in [-0.15, -0.1) is 0 Å². The molecule has 0 radical (unpaired) electrons. The normalized spacial score (nSPS) is 46.3. The highest BCUT2D eigenvalue weighted by atomic mass is 16.8. The Morgan fingerprint density at radius 1 is 1.32 bits per heavy atom. The monoisotopic (exact) mass is 272 g/mol. The molecule has 1 spiro atoms. The predicted octanol–water partition coefficient (Wildman–Crippen LogP) is 0.831. The van der Waals surface area contributed by atoms with Gasteiger partial charge in [-0.25, -0.2) is 0 Å². The largest absolute Gasteiger partial charge is 0.466 e. The van der Waals surface area contributed by atoms with Crippen molar-refractivity contribution in [1.29, 1.82) is 0 Å². The summed E-state index contributed by atoms with van der Waals surface area (Å²) in [5.41, 5.74) is -0.634. The second kappa shape index (κ2) is 4.15. The van der Waals surface area contributed by atoms with Crippen LogP contribution in [0.1, 0.15) is 27.2 Å². The molecule has 3 rings (SSSR count). The maximum Gasteiger partial charge on any atom is 0.312 e. The number of rotatable bonds is 3. The highest BCUT2D eigenvalue weighted by Crippen LogP contribution is 2.60. The Morgan fingerprint density at radius 3 is 2.68 bits per heavy atom. The molecule has 0 N–H and O–H groups in total. The van der Waals surface area contributed by atoms with Gasteiger partial charge < -0.3 is 23.7 Å². The Labute approximate surface area is 112 Å². The molecule has 2 heterocycles. The maximum atomic E-state index is 11.9. The van der Waals surface area contributed by atoms with E-state index in [0.29, 0.717) is 13.0 Å². The Morgan fingerprint density at radius 2 is 2.05 bits per heavy atom. The van der Waals surface area contributed by atoms with E-state index < -0.39 is 17.7 Å². The van der Waals surface area contributed by atoms with Crippen molar-refractivity contribution in [2.75, 3.05) is 13.7 Å². The molecular weight excluding hydrogens is 252 g/mol. The van der Waals surface area contributed by atoms with Crippen molar-refractivity contribution >= 4 is 5.97 Å². The molecule has 0 aromatic heterocycles. The minimum Gasteiger partial charge on any atom is -0.466 e. The zero-order chi connectivity index (χ0) is 13.8. The van der Waals surface area contributed by atoms with Gasteiger partial charge in [0.2, 0.25) is 0 Å². The van der Waals surface area contributed by atoms with Crippen LogP contribution in [0.4, 0.5) is 0 Å². The molecule has 1 saturated carbocycles. The average Bonchev–Trinajstić information content (AvgIpc) is 2.89. The summed E-state index contributed by atoms with van der Waals surface area (Å²) in [5.74, 6) is -1.19. The molecule has 0 amide bonds. The standard InChI is InChI=1S/C13H20O6/c1-5-16-10(14)7-6-13(7)9-8(11(15-4)19-13)17-12(2,3)18-9/h7-9,11H,5-6H2,1-4H3/t7-,8?,9?,11+,13+/m0/s1. The van der Waals surface area contributed by atoms with Crippen LogP contribution in [0.2, 0.25) is 0 Å². The van der Waals surface area contributed by atoms with E-state index in [4.69, 9.17) is 23.7 Å². The highest BCUT2D eigenvalue weighted by Gasteiger charge is 2.76. The lowest BCUT2D eigenvalue weighted by atomic mass is 10.1. The Kier molecular flexibility index (Phi) is 2.91. The van der Waals surface area contributed by atoms with E-state index >= 15 is 0 Å². The molecule has 2 unspecified atom stereocenters. The SMILES string of the molecule is CCOC(=O)[C@@H]1C[C@@]12O[C@@H](OC)C1OC(C)(C)OC12. The number of carbonyl (C=O) groups is 1. The van der Waals surface area contributed by atoms with Gasteiger partial charge in [0.05, 0.1) is 12.5 Å². The van der Waals surface area contributed by atoms with E-state index in [-0.39, 0.29) is 24.1 Å². The van der Waals surface area contributed by atoms with Gasteiger partial charge in [0.25, 0.3) is 0 Å². The fourth-order valence-corrected chi connectivity index (χ4v) is 3.13. The summed E-state index contributed by atoms with van der Waals surface area (Å²) in [6, 6.07) is 0. The minimum atomic E-state index is -0.676. The third-order valence-electron chi connectivity index (χ3n) is 3.97. The first-order chi connectivity index (χ1) is 8.93. The van der Waals surface area contributed by atoms with Crippen molar-refractivity contribution in [2.24, 2.45) is 5.92 Å². The first-order valence-corrected chi connectivity index (χ1v) is 6.66. The Bertz CT molecular complexity index is 395. The van der Waals surface area contributed by atoms with Crippen LogP contribution in [0, 0.1) is 5.92 Å². The van der Waals surface area contributed by atoms with E-state index in [2.05, 4.69) is 0 Å². The lowest BCUT2D eigenvalue weighted by molar-refractivity contribution is -0.235. The smallest absolute Gasteiger partial charge is 0.312 e. The molecule has 2 saturated heterocycles. The molecule has 108 valence electrons. The van der Waals surface area contributed by atoms with Crippen LogP contribution in [0.5, 0.6) is 0 Å². The molecule has 19 heavy (non-hydrogen) atoms. The van der Waals surface area contributed by atoms with Crippen LogP contribution in [0.25, 0.3) is 0 Å². The zero-order valence-electron chi connectivity index (χ0n) is 11.7. The minimum absolute atomic E-state index is 0.230. The number of carbonyl (C=O) groups excluding carboxylic acids is 1. The first-order valence-electron chi connectivity index (χ1n) is 6.66. The molecular formula is C13H20O6. The number of fused-ring (bicyclic) bond motifs is 2. The van der Waals surface area contributed by atoms with Gasteiger partial charge >= 0.3 is 5.97 Å². The highest BCUT2D eigenvalue weighted by molar-refractivity contribution is 5.78. The molecule has 0 aromatic rings. The number of ether oxygens (including phenoxy) is 5. The quantitative estimate of drug-likeness (QED) is 0.709. The molecule has 0 bridgehead atoms. The van der Waals surface area contributed by atoms with Crippen LogP contribution in [0.15, 0.2) is 0 Å². The molecule has 3 aliphatic rings. The van der Waals surface area contributed by atoms with E-state index in [9.17, 15) is 4.79 Å².